The second-order valence-corrected chi connectivity index (χ2v) is 4.09. The molecule has 0 spiro atoms. The summed E-state index contributed by atoms with van der Waals surface area (Å²) in [5, 5.41) is 0. The molecule has 0 aromatic carbocycles. The highest BCUT2D eigenvalue weighted by atomic mass is 15.2. The number of unbranched alkanes of at least 4 members (excludes halogenated alkanes) is 1. The van der Waals surface area contributed by atoms with Crippen LogP contribution in [-0.2, 0) is 6.42 Å². The number of aromatic nitrogens is 1. The molecular weight excluding hydrogens is 172 g/mol. The molecule has 2 rings (SSSR count). The molecule has 76 valence electrons. The van der Waals surface area contributed by atoms with Gasteiger partial charge in [0.25, 0.3) is 0 Å². The molecular formula is C12H18N2. The number of anilines is 1. The third-order valence-corrected chi connectivity index (χ3v) is 2.94. The van der Waals surface area contributed by atoms with E-state index in [0.717, 1.165) is 13.0 Å². The molecule has 0 N–H and O–H groups in total. The van der Waals surface area contributed by atoms with Gasteiger partial charge in [-0.2, -0.15) is 0 Å². The molecule has 1 aliphatic heterocycles. The molecule has 0 bridgehead atoms. The summed E-state index contributed by atoms with van der Waals surface area (Å²) in [5.41, 5.74) is 1.41. The average molecular weight is 190 g/mol. The molecule has 0 fully saturated rings. The third kappa shape index (κ3) is 1.61. The SMILES string of the molecule is CCCCN1c2ncccc2CC1C. The Bertz CT molecular complexity index is 309. The molecule has 1 aromatic rings. The van der Waals surface area contributed by atoms with Crippen molar-refractivity contribution < 1.29 is 0 Å². The Morgan fingerprint density at radius 2 is 2.43 bits per heavy atom. The van der Waals surface area contributed by atoms with Gasteiger partial charge in [0, 0.05) is 18.8 Å². The predicted molar refractivity (Wildman–Crippen MR) is 59.7 cm³/mol. The lowest BCUT2D eigenvalue weighted by molar-refractivity contribution is 0.637. The van der Waals surface area contributed by atoms with Gasteiger partial charge in [0.1, 0.15) is 5.82 Å². The van der Waals surface area contributed by atoms with E-state index in [1.165, 1.54) is 24.2 Å². The van der Waals surface area contributed by atoms with E-state index in [-0.39, 0.29) is 0 Å². The first-order chi connectivity index (χ1) is 6.83. The number of pyridine rings is 1. The minimum Gasteiger partial charge on any atom is -0.353 e. The fraction of sp³-hybridized carbons (Fsp3) is 0.583. The van der Waals surface area contributed by atoms with Crippen molar-refractivity contribution in [3.63, 3.8) is 0 Å². The summed E-state index contributed by atoms with van der Waals surface area (Å²) >= 11 is 0. The van der Waals surface area contributed by atoms with Gasteiger partial charge in [0.2, 0.25) is 0 Å². The molecule has 0 saturated carbocycles. The number of rotatable bonds is 3. The molecule has 1 unspecified atom stereocenters. The maximum Gasteiger partial charge on any atom is 0.132 e. The fourth-order valence-corrected chi connectivity index (χ4v) is 2.14. The summed E-state index contributed by atoms with van der Waals surface area (Å²) in [6, 6.07) is 4.87. The van der Waals surface area contributed by atoms with E-state index >= 15 is 0 Å². The molecule has 14 heavy (non-hydrogen) atoms. The largest absolute Gasteiger partial charge is 0.353 e. The van der Waals surface area contributed by atoms with Gasteiger partial charge >= 0.3 is 0 Å². The lowest BCUT2D eigenvalue weighted by Gasteiger charge is -2.23. The zero-order chi connectivity index (χ0) is 9.97. The number of hydrogen-bond acceptors (Lipinski definition) is 2. The average Bonchev–Trinajstić information content (AvgIpc) is 2.51. The maximum atomic E-state index is 4.47. The Morgan fingerprint density at radius 3 is 3.21 bits per heavy atom. The molecule has 0 saturated heterocycles. The summed E-state index contributed by atoms with van der Waals surface area (Å²) in [5.74, 6) is 1.22. The lowest BCUT2D eigenvalue weighted by Crippen LogP contribution is -2.30. The van der Waals surface area contributed by atoms with Crippen molar-refractivity contribution >= 4 is 5.82 Å². The molecule has 1 aromatic heterocycles. The van der Waals surface area contributed by atoms with Crippen LogP contribution in [0.25, 0.3) is 0 Å². The minimum atomic E-state index is 0.631. The van der Waals surface area contributed by atoms with Crippen LogP contribution in [0.5, 0.6) is 0 Å². The lowest BCUT2D eigenvalue weighted by atomic mass is 10.2. The highest BCUT2D eigenvalue weighted by Gasteiger charge is 2.25. The van der Waals surface area contributed by atoms with Crippen LogP contribution in [0.1, 0.15) is 32.3 Å². The van der Waals surface area contributed by atoms with Gasteiger partial charge < -0.3 is 4.90 Å². The molecule has 0 aliphatic carbocycles. The fourth-order valence-electron chi connectivity index (χ4n) is 2.14. The summed E-state index contributed by atoms with van der Waals surface area (Å²) in [4.78, 5) is 6.91. The Balaban J connectivity index is 2.17. The normalized spacial score (nSPS) is 19.9. The van der Waals surface area contributed by atoms with Gasteiger partial charge in [-0.3, -0.25) is 0 Å². The number of hydrogen-bond donors (Lipinski definition) is 0. The van der Waals surface area contributed by atoms with Crippen molar-refractivity contribution in [2.24, 2.45) is 0 Å². The topological polar surface area (TPSA) is 16.1 Å². The Kier molecular flexibility index (Phi) is 2.71. The van der Waals surface area contributed by atoms with E-state index in [2.05, 4.69) is 29.8 Å². The highest BCUT2D eigenvalue weighted by molar-refractivity contribution is 5.53. The van der Waals surface area contributed by atoms with Crippen LogP contribution in [-0.4, -0.2) is 17.6 Å². The summed E-state index contributed by atoms with van der Waals surface area (Å²) in [7, 11) is 0. The molecule has 2 nitrogen and oxygen atoms in total. The molecule has 1 aliphatic rings. The smallest absolute Gasteiger partial charge is 0.132 e. The zero-order valence-electron chi connectivity index (χ0n) is 9.03. The van der Waals surface area contributed by atoms with Crippen molar-refractivity contribution in [3.05, 3.63) is 23.9 Å². The van der Waals surface area contributed by atoms with E-state index in [1.54, 1.807) is 0 Å². The molecule has 2 heterocycles. The second-order valence-electron chi connectivity index (χ2n) is 4.09. The Hall–Kier alpha value is -1.05. The third-order valence-electron chi connectivity index (χ3n) is 2.94. The van der Waals surface area contributed by atoms with Crippen LogP contribution >= 0.6 is 0 Å². The first-order valence-electron chi connectivity index (χ1n) is 5.53. The number of fused-ring (bicyclic) bond motifs is 1. The molecule has 0 radical (unpaired) electrons. The van der Waals surface area contributed by atoms with Crippen LogP contribution in [0, 0.1) is 0 Å². The summed E-state index contributed by atoms with van der Waals surface area (Å²) in [6.45, 7) is 5.68. The number of nitrogens with zero attached hydrogens (tertiary/aromatic N) is 2. The van der Waals surface area contributed by atoms with Crippen LogP contribution in [0.4, 0.5) is 5.82 Å². The monoisotopic (exact) mass is 190 g/mol. The van der Waals surface area contributed by atoms with Crippen LogP contribution in [0.2, 0.25) is 0 Å². The quantitative estimate of drug-likeness (QED) is 0.728. The van der Waals surface area contributed by atoms with E-state index in [0.29, 0.717) is 6.04 Å². The van der Waals surface area contributed by atoms with Crippen molar-refractivity contribution in [2.75, 3.05) is 11.4 Å². The Labute approximate surface area is 86.0 Å². The zero-order valence-corrected chi connectivity index (χ0v) is 9.03. The van der Waals surface area contributed by atoms with E-state index < -0.39 is 0 Å². The van der Waals surface area contributed by atoms with Crippen molar-refractivity contribution in [1.82, 2.24) is 4.98 Å². The first kappa shape index (κ1) is 9.50. The van der Waals surface area contributed by atoms with E-state index in [4.69, 9.17) is 0 Å². The van der Waals surface area contributed by atoms with Crippen LogP contribution in [0.15, 0.2) is 18.3 Å². The second kappa shape index (κ2) is 3.99. The van der Waals surface area contributed by atoms with E-state index in [9.17, 15) is 0 Å². The van der Waals surface area contributed by atoms with Crippen molar-refractivity contribution in [3.8, 4) is 0 Å². The molecule has 2 heteroatoms. The van der Waals surface area contributed by atoms with E-state index in [1.807, 2.05) is 12.3 Å². The minimum absolute atomic E-state index is 0.631. The van der Waals surface area contributed by atoms with Gasteiger partial charge in [0.05, 0.1) is 0 Å². The van der Waals surface area contributed by atoms with Crippen LogP contribution < -0.4 is 4.90 Å². The summed E-state index contributed by atoms with van der Waals surface area (Å²) < 4.78 is 0. The van der Waals surface area contributed by atoms with Gasteiger partial charge in [-0.25, -0.2) is 4.98 Å². The van der Waals surface area contributed by atoms with Crippen LogP contribution in [0.3, 0.4) is 0 Å². The van der Waals surface area contributed by atoms with Gasteiger partial charge in [0.15, 0.2) is 0 Å². The molecule has 0 amide bonds. The maximum absolute atomic E-state index is 4.47. The summed E-state index contributed by atoms with van der Waals surface area (Å²) in [6.07, 6.45) is 5.58. The van der Waals surface area contributed by atoms with Gasteiger partial charge in [-0.05, 0) is 31.4 Å². The van der Waals surface area contributed by atoms with Gasteiger partial charge in [-0.15, -0.1) is 0 Å². The van der Waals surface area contributed by atoms with Gasteiger partial charge in [-0.1, -0.05) is 19.4 Å². The highest BCUT2D eigenvalue weighted by Crippen LogP contribution is 2.29. The van der Waals surface area contributed by atoms with Crippen molar-refractivity contribution in [1.29, 1.82) is 0 Å². The van der Waals surface area contributed by atoms with Crippen molar-refractivity contribution in [2.45, 2.75) is 39.2 Å². The molecule has 1 atom stereocenters. The first-order valence-corrected chi connectivity index (χ1v) is 5.53. The standard InChI is InChI=1S/C12H18N2/c1-3-4-8-14-10(2)9-11-6-5-7-13-12(11)14/h5-7,10H,3-4,8-9H2,1-2H3. The predicted octanol–water partition coefficient (Wildman–Crippen LogP) is 2.63. The Morgan fingerprint density at radius 1 is 1.57 bits per heavy atom.